The largest absolute Gasteiger partial charge is 0.341 e. The lowest BCUT2D eigenvalue weighted by molar-refractivity contribution is -0.129. The molecule has 0 aliphatic carbocycles. The molecule has 0 atom stereocenters. The Morgan fingerprint density at radius 2 is 1.85 bits per heavy atom. The summed E-state index contributed by atoms with van der Waals surface area (Å²) in [6, 6.07) is 12.3. The molecule has 1 amide bonds. The van der Waals surface area contributed by atoms with Crippen LogP contribution in [0, 0.1) is 11.6 Å². The molecule has 0 radical (unpaired) electrons. The van der Waals surface area contributed by atoms with E-state index in [0.29, 0.717) is 17.7 Å². The molecule has 104 valence electrons. The average Bonchev–Trinajstić information content (AvgIpc) is 2.41. The predicted molar refractivity (Wildman–Crippen MR) is 73.0 cm³/mol. The number of nitrogens with zero attached hydrogens (tertiary/aromatic N) is 1. The lowest BCUT2D eigenvalue weighted by Gasteiger charge is -2.17. The van der Waals surface area contributed by atoms with Gasteiger partial charge in [-0.3, -0.25) is 4.79 Å². The zero-order chi connectivity index (χ0) is 14.5. The van der Waals surface area contributed by atoms with Gasteiger partial charge in [0, 0.05) is 13.6 Å². The Labute approximate surface area is 116 Å². The van der Waals surface area contributed by atoms with Crippen molar-refractivity contribution in [3.8, 4) is 0 Å². The van der Waals surface area contributed by atoms with E-state index in [2.05, 4.69) is 0 Å². The fourth-order valence-corrected chi connectivity index (χ4v) is 1.94. The van der Waals surface area contributed by atoms with Crippen molar-refractivity contribution in [2.45, 2.75) is 13.0 Å². The number of rotatable bonds is 4. The van der Waals surface area contributed by atoms with Gasteiger partial charge in [0.15, 0.2) is 0 Å². The van der Waals surface area contributed by atoms with E-state index in [1.54, 1.807) is 37.4 Å². The summed E-state index contributed by atoms with van der Waals surface area (Å²) < 4.78 is 26.5. The van der Waals surface area contributed by atoms with E-state index in [1.807, 2.05) is 0 Å². The number of amides is 1. The van der Waals surface area contributed by atoms with Crippen LogP contribution in [0.3, 0.4) is 0 Å². The lowest BCUT2D eigenvalue weighted by Crippen LogP contribution is -2.28. The molecule has 0 saturated carbocycles. The van der Waals surface area contributed by atoms with Crippen molar-refractivity contribution >= 4 is 5.91 Å². The zero-order valence-electron chi connectivity index (χ0n) is 11.1. The molecule has 2 nitrogen and oxygen atoms in total. The van der Waals surface area contributed by atoms with E-state index >= 15 is 0 Å². The maximum absolute atomic E-state index is 13.5. The van der Waals surface area contributed by atoms with Crippen molar-refractivity contribution < 1.29 is 13.6 Å². The van der Waals surface area contributed by atoms with Crippen LogP contribution in [-0.2, 0) is 17.8 Å². The monoisotopic (exact) mass is 275 g/mol. The number of hydrogen-bond donors (Lipinski definition) is 0. The molecule has 20 heavy (non-hydrogen) atoms. The SMILES string of the molecule is CN(Cc1cccc(F)c1)C(=O)Cc1ccccc1F. The summed E-state index contributed by atoms with van der Waals surface area (Å²) in [6.45, 7) is 0.297. The van der Waals surface area contributed by atoms with E-state index in [0.717, 1.165) is 0 Å². The second-order valence-corrected chi connectivity index (χ2v) is 4.65. The molecule has 0 spiro atoms. The van der Waals surface area contributed by atoms with Gasteiger partial charge < -0.3 is 4.90 Å². The molecule has 0 aliphatic rings. The van der Waals surface area contributed by atoms with Gasteiger partial charge in [0.2, 0.25) is 5.91 Å². The number of hydrogen-bond acceptors (Lipinski definition) is 1. The van der Waals surface area contributed by atoms with Gasteiger partial charge in [0.05, 0.1) is 6.42 Å². The number of carbonyl (C=O) groups is 1. The van der Waals surface area contributed by atoms with Crippen LogP contribution in [0.1, 0.15) is 11.1 Å². The fourth-order valence-electron chi connectivity index (χ4n) is 1.94. The first kappa shape index (κ1) is 14.2. The van der Waals surface area contributed by atoms with E-state index in [1.165, 1.54) is 23.1 Å². The molecule has 2 aromatic carbocycles. The van der Waals surface area contributed by atoms with Crippen LogP contribution in [0.2, 0.25) is 0 Å². The molecule has 2 rings (SSSR count). The third-order valence-corrected chi connectivity index (χ3v) is 3.03. The molecular weight excluding hydrogens is 260 g/mol. The first-order valence-corrected chi connectivity index (χ1v) is 6.28. The third-order valence-electron chi connectivity index (χ3n) is 3.03. The Kier molecular flexibility index (Phi) is 4.45. The summed E-state index contributed by atoms with van der Waals surface area (Å²) in [5.74, 6) is -0.934. The maximum Gasteiger partial charge on any atom is 0.227 e. The Bertz CT molecular complexity index is 613. The Balaban J connectivity index is 2.01. The summed E-state index contributed by atoms with van der Waals surface area (Å²) in [5.41, 5.74) is 1.07. The standard InChI is InChI=1S/C16H15F2NO/c1-19(11-12-5-4-7-14(17)9-12)16(20)10-13-6-2-3-8-15(13)18/h2-9H,10-11H2,1H3. The normalized spacial score (nSPS) is 10.3. The number of halogens is 2. The topological polar surface area (TPSA) is 20.3 Å². The molecule has 0 unspecified atom stereocenters. The summed E-state index contributed by atoms with van der Waals surface area (Å²) in [5, 5.41) is 0. The second-order valence-electron chi connectivity index (χ2n) is 4.65. The molecule has 4 heteroatoms. The van der Waals surface area contributed by atoms with Gasteiger partial charge in [0.1, 0.15) is 11.6 Å². The second kappa shape index (κ2) is 6.28. The lowest BCUT2D eigenvalue weighted by atomic mass is 10.1. The van der Waals surface area contributed by atoms with Crippen LogP contribution in [0.25, 0.3) is 0 Å². The van der Waals surface area contributed by atoms with Crippen LogP contribution in [0.4, 0.5) is 8.78 Å². The Morgan fingerprint density at radius 3 is 2.55 bits per heavy atom. The number of likely N-dealkylation sites (N-methyl/N-ethyl adjacent to an activating group) is 1. The molecule has 0 N–H and O–H groups in total. The number of carbonyl (C=O) groups excluding carboxylic acids is 1. The molecule has 0 heterocycles. The van der Waals surface area contributed by atoms with Gasteiger partial charge >= 0.3 is 0 Å². The van der Waals surface area contributed by atoms with Crippen molar-refractivity contribution in [2.75, 3.05) is 7.05 Å². The van der Waals surface area contributed by atoms with Crippen molar-refractivity contribution in [1.82, 2.24) is 4.90 Å². The molecule has 0 aromatic heterocycles. The molecule has 0 fully saturated rings. The highest BCUT2D eigenvalue weighted by molar-refractivity contribution is 5.78. The molecule has 0 saturated heterocycles. The first-order chi connectivity index (χ1) is 9.56. The Hall–Kier alpha value is -2.23. The van der Waals surface area contributed by atoms with Crippen LogP contribution < -0.4 is 0 Å². The van der Waals surface area contributed by atoms with Gasteiger partial charge in [-0.15, -0.1) is 0 Å². The van der Waals surface area contributed by atoms with Crippen LogP contribution in [0.15, 0.2) is 48.5 Å². The summed E-state index contributed by atoms with van der Waals surface area (Å²) in [7, 11) is 1.62. The van der Waals surface area contributed by atoms with Gasteiger partial charge in [-0.05, 0) is 29.3 Å². The maximum atomic E-state index is 13.5. The number of benzene rings is 2. The summed E-state index contributed by atoms with van der Waals surface area (Å²) >= 11 is 0. The van der Waals surface area contributed by atoms with E-state index in [9.17, 15) is 13.6 Å². The van der Waals surface area contributed by atoms with Crippen molar-refractivity contribution in [3.63, 3.8) is 0 Å². The fraction of sp³-hybridized carbons (Fsp3) is 0.188. The average molecular weight is 275 g/mol. The highest BCUT2D eigenvalue weighted by Gasteiger charge is 2.12. The molecule has 2 aromatic rings. The van der Waals surface area contributed by atoms with E-state index in [-0.39, 0.29) is 24.0 Å². The minimum absolute atomic E-state index is 0.00150. The van der Waals surface area contributed by atoms with Crippen LogP contribution in [-0.4, -0.2) is 17.9 Å². The first-order valence-electron chi connectivity index (χ1n) is 6.28. The Morgan fingerprint density at radius 1 is 1.10 bits per heavy atom. The minimum atomic E-state index is -0.389. The zero-order valence-corrected chi connectivity index (χ0v) is 11.1. The molecule has 0 aliphatic heterocycles. The van der Waals surface area contributed by atoms with Gasteiger partial charge in [-0.25, -0.2) is 8.78 Å². The molecular formula is C16H15F2NO. The van der Waals surface area contributed by atoms with Gasteiger partial charge in [0.25, 0.3) is 0 Å². The van der Waals surface area contributed by atoms with Gasteiger partial charge in [-0.1, -0.05) is 30.3 Å². The summed E-state index contributed by atoms with van der Waals surface area (Å²) in [6.07, 6.45) is -0.00150. The smallest absolute Gasteiger partial charge is 0.227 e. The highest BCUT2D eigenvalue weighted by Crippen LogP contribution is 2.11. The van der Waals surface area contributed by atoms with Crippen molar-refractivity contribution in [2.24, 2.45) is 0 Å². The van der Waals surface area contributed by atoms with E-state index < -0.39 is 0 Å². The predicted octanol–water partition coefficient (Wildman–Crippen LogP) is 3.17. The van der Waals surface area contributed by atoms with Crippen LogP contribution in [0.5, 0.6) is 0 Å². The van der Waals surface area contributed by atoms with Crippen molar-refractivity contribution in [3.05, 3.63) is 71.3 Å². The van der Waals surface area contributed by atoms with Crippen molar-refractivity contribution in [1.29, 1.82) is 0 Å². The summed E-state index contributed by atoms with van der Waals surface area (Å²) in [4.78, 5) is 13.5. The highest BCUT2D eigenvalue weighted by atomic mass is 19.1. The van der Waals surface area contributed by atoms with Crippen LogP contribution >= 0.6 is 0 Å². The quantitative estimate of drug-likeness (QED) is 0.839. The third kappa shape index (κ3) is 3.63. The van der Waals surface area contributed by atoms with Gasteiger partial charge in [-0.2, -0.15) is 0 Å². The molecule has 0 bridgehead atoms. The van der Waals surface area contributed by atoms with E-state index in [4.69, 9.17) is 0 Å². The minimum Gasteiger partial charge on any atom is -0.341 e.